The van der Waals surface area contributed by atoms with Gasteiger partial charge in [-0.3, -0.25) is 4.57 Å². The van der Waals surface area contributed by atoms with Crippen LogP contribution in [0.3, 0.4) is 0 Å². The fourth-order valence-corrected chi connectivity index (χ4v) is 3.10. The Morgan fingerprint density at radius 1 is 1.00 bits per heavy atom. The number of aromatic nitrogens is 2. The fraction of sp³-hybridized carbons (Fsp3) is 0.0476. The summed E-state index contributed by atoms with van der Waals surface area (Å²) in [5, 5.41) is 11.8. The summed E-state index contributed by atoms with van der Waals surface area (Å²) in [6, 6.07) is 22.6. The molecule has 0 amide bonds. The van der Waals surface area contributed by atoms with Gasteiger partial charge in [0.2, 0.25) is 0 Å². The summed E-state index contributed by atoms with van der Waals surface area (Å²) in [4.78, 5) is 4.48. The summed E-state index contributed by atoms with van der Waals surface area (Å²) in [5.41, 5.74) is 7.41. The third kappa shape index (κ3) is 2.78. The summed E-state index contributed by atoms with van der Waals surface area (Å²) >= 11 is 0. The van der Waals surface area contributed by atoms with Gasteiger partial charge in [0.05, 0.1) is 17.2 Å². The van der Waals surface area contributed by atoms with E-state index in [1.165, 1.54) is 22.9 Å². The monoisotopic (exact) mass is 327 g/mol. The first-order valence-corrected chi connectivity index (χ1v) is 8.07. The smallest absolute Gasteiger partial charge is 0.100 e. The molecule has 4 heteroatoms. The quantitative estimate of drug-likeness (QED) is 0.333. The van der Waals surface area contributed by atoms with Crippen molar-refractivity contribution < 1.29 is 5.21 Å². The molecule has 122 valence electrons. The molecular formula is C21H17N3O. The Morgan fingerprint density at radius 3 is 2.72 bits per heavy atom. The van der Waals surface area contributed by atoms with E-state index in [1.807, 2.05) is 24.5 Å². The largest absolute Gasteiger partial charge is 0.411 e. The van der Waals surface area contributed by atoms with Crippen LogP contribution in [0.1, 0.15) is 11.1 Å². The number of aryl methyl sites for hydroxylation is 1. The Bertz CT molecular complexity index is 1080. The molecule has 0 radical (unpaired) electrons. The van der Waals surface area contributed by atoms with Crippen LogP contribution in [0.2, 0.25) is 0 Å². The first kappa shape index (κ1) is 15.1. The maximum absolute atomic E-state index is 8.68. The molecule has 0 saturated carbocycles. The van der Waals surface area contributed by atoms with Crippen LogP contribution >= 0.6 is 0 Å². The van der Waals surface area contributed by atoms with Gasteiger partial charge in [-0.05, 0) is 53.4 Å². The van der Waals surface area contributed by atoms with Crippen LogP contribution < -0.4 is 0 Å². The Kier molecular flexibility index (Phi) is 3.78. The average Bonchev–Trinajstić information content (AvgIpc) is 3.06. The van der Waals surface area contributed by atoms with E-state index in [1.54, 1.807) is 0 Å². The molecule has 0 spiro atoms. The van der Waals surface area contributed by atoms with Crippen molar-refractivity contribution in [2.24, 2.45) is 5.16 Å². The summed E-state index contributed by atoms with van der Waals surface area (Å²) in [6.07, 6.45) is 3.22. The Morgan fingerprint density at radius 2 is 1.88 bits per heavy atom. The van der Waals surface area contributed by atoms with Gasteiger partial charge in [0.25, 0.3) is 0 Å². The Hall–Kier alpha value is -3.40. The van der Waals surface area contributed by atoms with Gasteiger partial charge >= 0.3 is 0 Å². The van der Waals surface area contributed by atoms with Gasteiger partial charge in [-0.1, -0.05) is 47.6 Å². The minimum Gasteiger partial charge on any atom is -0.411 e. The summed E-state index contributed by atoms with van der Waals surface area (Å²) < 4.78 is 2.07. The first-order valence-electron chi connectivity index (χ1n) is 8.07. The number of hydrogen-bond donors (Lipinski definition) is 1. The normalized spacial score (nSPS) is 11.4. The average molecular weight is 327 g/mol. The van der Waals surface area contributed by atoms with Crippen molar-refractivity contribution in [3.05, 3.63) is 84.2 Å². The highest BCUT2D eigenvalue weighted by atomic mass is 16.4. The molecule has 25 heavy (non-hydrogen) atoms. The Balaban J connectivity index is 1.82. The maximum Gasteiger partial charge on any atom is 0.100 e. The maximum atomic E-state index is 8.68. The van der Waals surface area contributed by atoms with Gasteiger partial charge in [-0.2, -0.15) is 0 Å². The van der Waals surface area contributed by atoms with Crippen LogP contribution in [-0.4, -0.2) is 21.0 Å². The van der Waals surface area contributed by atoms with E-state index in [-0.39, 0.29) is 0 Å². The minimum absolute atomic E-state index is 0.814. The third-order valence-electron chi connectivity index (χ3n) is 4.36. The second-order valence-corrected chi connectivity index (χ2v) is 5.97. The number of hydrogen-bond acceptors (Lipinski definition) is 3. The van der Waals surface area contributed by atoms with E-state index in [4.69, 9.17) is 5.21 Å². The molecule has 0 aliphatic carbocycles. The van der Waals surface area contributed by atoms with Gasteiger partial charge < -0.3 is 5.21 Å². The molecule has 0 unspecified atom stereocenters. The zero-order chi connectivity index (χ0) is 17.2. The highest BCUT2D eigenvalue weighted by molar-refractivity contribution is 5.87. The lowest BCUT2D eigenvalue weighted by atomic mass is 10.0. The van der Waals surface area contributed by atoms with E-state index < -0.39 is 0 Å². The van der Waals surface area contributed by atoms with Crippen molar-refractivity contribution in [2.75, 3.05) is 0 Å². The second-order valence-electron chi connectivity index (χ2n) is 5.97. The molecule has 0 aliphatic heterocycles. The van der Waals surface area contributed by atoms with Crippen molar-refractivity contribution >= 4 is 17.2 Å². The number of rotatable bonds is 3. The van der Waals surface area contributed by atoms with Gasteiger partial charge in [-0.15, -0.1) is 0 Å². The molecule has 1 N–H and O–H groups in total. The second kappa shape index (κ2) is 6.24. The molecule has 4 nitrogen and oxygen atoms in total. The molecule has 0 saturated heterocycles. The van der Waals surface area contributed by atoms with Crippen LogP contribution in [0.15, 0.2) is 78.2 Å². The lowest BCUT2D eigenvalue weighted by Gasteiger charge is -2.09. The minimum atomic E-state index is 0.814. The number of fused-ring (bicyclic) bond motifs is 1. The number of oxime groups is 1. The Labute approximate surface area is 145 Å². The summed E-state index contributed by atoms with van der Waals surface area (Å²) in [6.45, 7) is 2.12. The van der Waals surface area contributed by atoms with E-state index in [0.29, 0.717) is 0 Å². The van der Waals surface area contributed by atoms with E-state index in [2.05, 4.69) is 70.2 Å². The highest BCUT2D eigenvalue weighted by Gasteiger charge is 2.07. The number of imidazole rings is 1. The van der Waals surface area contributed by atoms with Crippen LogP contribution in [0.25, 0.3) is 27.8 Å². The van der Waals surface area contributed by atoms with Crippen molar-refractivity contribution in [3.8, 4) is 16.8 Å². The zero-order valence-electron chi connectivity index (χ0n) is 13.8. The molecule has 0 atom stereocenters. The zero-order valence-corrected chi connectivity index (χ0v) is 13.8. The van der Waals surface area contributed by atoms with Gasteiger partial charge in [0.1, 0.15) is 6.33 Å². The van der Waals surface area contributed by atoms with E-state index in [9.17, 15) is 0 Å². The van der Waals surface area contributed by atoms with Crippen molar-refractivity contribution in [1.82, 2.24) is 9.55 Å². The van der Waals surface area contributed by atoms with Gasteiger partial charge in [0.15, 0.2) is 0 Å². The SMILES string of the molecule is Cc1ccccc1-c1cccc(-n2cnc3cc(/C=N/O)ccc32)c1. The van der Waals surface area contributed by atoms with Crippen molar-refractivity contribution in [1.29, 1.82) is 0 Å². The van der Waals surface area contributed by atoms with Crippen LogP contribution in [-0.2, 0) is 0 Å². The predicted octanol–water partition coefficient (Wildman–Crippen LogP) is 4.81. The lowest BCUT2D eigenvalue weighted by molar-refractivity contribution is 0.322. The molecule has 1 aromatic heterocycles. The molecule has 0 aliphatic rings. The van der Waals surface area contributed by atoms with E-state index in [0.717, 1.165) is 22.3 Å². The fourth-order valence-electron chi connectivity index (χ4n) is 3.10. The standard InChI is InChI=1S/C21H17N3O/c1-15-5-2-3-8-19(15)17-6-4-7-18(12-17)24-14-22-20-11-16(13-23-25)9-10-21(20)24/h2-14,25H,1H3/b23-13+. The topological polar surface area (TPSA) is 50.4 Å². The predicted molar refractivity (Wildman–Crippen MR) is 101 cm³/mol. The van der Waals surface area contributed by atoms with Gasteiger partial charge in [-0.25, -0.2) is 4.98 Å². The van der Waals surface area contributed by atoms with Crippen molar-refractivity contribution in [2.45, 2.75) is 6.92 Å². The summed E-state index contributed by atoms with van der Waals surface area (Å²) in [5.74, 6) is 0. The summed E-state index contributed by atoms with van der Waals surface area (Å²) in [7, 11) is 0. The van der Waals surface area contributed by atoms with Crippen LogP contribution in [0, 0.1) is 6.92 Å². The number of nitrogens with zero attached hydrogens (tertiary/aromatic N) is 3. The highest BCUT2D eigenvalue weighted by Crippen LogP contribution is 2.26. The molecular weight excluding hydrogens is 310 g/mol. The first-order chi connectivity index (χ1) is 12.3. The van der Waals surface area contributed by atoms with Gasteiger partial charge in [0, 0.05) is 5.69 Å². The van der Waals surface area contributed by atoms with E-state index >= 15 is 0 Å². The number of benzene rings is 3. The molecule has 4 rings (SSSR count). The molecule has 0 bridgehead atoms. The van der Waals surface area contributed by atoms with Crippen molar-refractivity contribution in [3.63, 3.8) is 0 Å². The third-order valence-corrected chi connectivity index (χ3v) is 4.36. The molecule has 3 aromatic carbocycles. The molecule has 0 fully saturated rings. The van der Waals surface area contributed by atoms with Crippen LogP contribution in [0.5, 0.6) is 0 Å². The molecule has 1 heterocycles. The van der Waals surface area contributed by atoms with Crippen LogP contribution in [0.4, 0.5) is 0 Å². The lowest BCUT2D eigenvalue weighted by Crippen LogP contribution is -1.93. The molecule has 4 aromatic rings.